The number of aromatic nitrogens is 1. The van der Waals surface area contributed by atoms with Crippen molar-refractivity contribution in [2.45, 2.75) is 31.7 Å². The number of hydrogen-bond acceptors (Lipinski definition) is 2. The van der Waals surface area contributed by atoms with Crippen LogP contribution in [0.2, 0.25) is 5.02 Å². The molecule has 2 amide bonds. The van der Waals surface area contributed by atoms with Crippen molar-refractivity contribution >= 4 is 34.3 Å². The van der Waals surface area contributed by atoms with E-state index in [2.05, 4.69) is 4.98 Å². The highest BCUT2D eigenvalue weighted by molar-refractivity contribution is 6.35. The van der Waals surface area contributed by atoms with Crippen molar-refractivity contribution in [3.8, 4) is 0 Å². The summed E-state index contributed by atoms with van der Waals surface area (Å²) in [4.78, 5) is 29.8. The molecular formula is C18H20ClN3O2. The van der Waals surface area contributed by atoms with Crippen LogP contribution in [0.5, 0.6) is 0 Å². The van der Waals surface area contributed by atoms with E-state index >= 15 is 0 Å². The van der Waals surface area contributed by atoms with E-state index in [-0.39, 0.29) is 11.8 Å². The Bertz CT molecular complexity index is 816. The molecular weight excluding hydrogens is 326 g/mol. The Balaban J connectivity index is 1.69. The van der Waals surface area contributed by atoms with Crippen LogP contribution in [0.15, 0.2) is 24.3 Å². The van der Waals surface area contributed by atoms with Gasteiger partial charge in [-0.15, -0.1) is 0 Å². The molecule has 1 aliphatic heterocycles. The highest BCUT2D eigenvalue weighted by atomic mass is 35.5. The van der Waals surface area contributed by atoms with Crippen LogP contribution in [0.4, 0.5) is 0 Å². The lowest BCUT2D eigenvalue weighted by Gasteiger charge is -2.27. The minimum atomic E-state index is -0.496. The van der Waals surface area contributed by atoms with Crippen molar-refractivity contribution in [2.24, 2.45) is 17.6 Å². The summed E-state index contributed by atoms with van der Waals surface area (Å²) in [6.07, 6.45) is 4.31. The van der Waals surface area contributed by atoms with Gasteiger partial charge in [-0.2, -0.15) is 0 Å². The second kappa shape index (κ2) is 5.81. The molecule has 24 heavy (non-hydrogen) atoms. The number of para-hydroxylation sites is 1. The molecule has 1 saturated heterocycles. The Morgan fingerprint density at radius 2 is 2.04 bits per heavy atom. The Morgan fingerprint density at radius 3 is 2.79 bits per heavy atom. The Morgan fingerprint density at radius 1 is 1.25 bits per heavy atom. The number of rotatable bonds is 2. The summed E-state index contributed by atoms with van der Waals surface area (Å²) >= 11 is 6.18. The van der Waals surface area contributed by atoms with Gasteiger partial charge >= 0.3 is 0 Å². The zero-order chi connectivity index (χ0) is 16.8. The van der Waals surface area contributed by atoms with Crippen molar-refractivity contribution in [2.75, 3.05) is 6.54 Å². The Kier molecular flexibility index (Phi) is 3.76. The molecule has 2 aromatic rings. The van der Waals surface area contributed by atoms with E-state index in [1.54, 1.807) is 17.0 Å². The normalized spacial score (nSPS) is 26.5. The van der Waals surface area contributed by atoms with E-state index in [1.165, 1.54) is 0 Å². The molecule has 3 N–H and O–H groups in total. The summed E-state index contributed by atoms with van der Waals surface area (Å²) in [6.45, 7) is 0.611. The van der Waals surface area contributed by atoms with E-state index in [0.717, 1.165) is 36.6 Å². The van der Waals surface area contributed by atoms with E-state index in [0.29, 0.717) is 23.2 Å². The number of benzene rings is 1. The van der Waals surface area contributed by atoms with E-state index in [9.17, 15) is 9.59 Å². The van der Waals surface area contributed by atoms with Gasteiger partial charge in [0.1, 0.15) is 11.7 Å². The molecule has 5 nitrogen and oxygen atoms in total. The van der Waals surface area contributed by atoms with Crippen molar-refractivity contribution in [3.05, 3.63) is 35.0 Å². The van der Waals surface area contributed by atoms with Gasteiger partial charge in [-0.25, -0.2) is 0 Å². The first-order valence-corrected chi connectivity index (χ1v) is 8.81. The smallest absolute Gasteiger partial charge is 0.271 e. The molecule has 0 bridgehead atoms. The number of nitrogens with one attached hydrogen (secondary N) is 1. The van der Waals surface area contributed by atoms with Crippen LogP contribution in [-0.2, 0) is 4.79 Å². The average molecular weight is 346 g/mol. The number of aromatic amines is 1. The second-order valence-corrected chi connectivity index (χ2v) is 7.31. The third kappa shape index (κ3) is 2.38. The van der Waals surface area contributed by atoms with Gasteiger partial charge < -0.3 is 15.6 Å². The summed E-state index contributed by atoms with van der Waals surface area (Å²) in [5.41, 5.74) is 6.85. The topological polar surface area (TPSA) is 79.2 Å². The fourth-order valence-electron chi connectivity index (χ4n) is 4.44. The van der Waals surface area contributed by atoms with Crippen molar-refractivity contribution in [3.63, 3.8) is 0 Å². The summed E-state index contributed by atoms with van der Waals surface area (Å²) in [7, 11) is 0. The molecule has 126 valence electrons. The van der Waals surface area contributed by atoms with Crippen LogP contribution < -0.4 is 5.73 Å². The lowest BCUT2D eigenvalue weighted by molar-refractivity contribution is -0.123. The maximum atomic E-state index is 13.0. The van der Waals surface area contributed by atoms with Crippen LogP contribution in [0.3, 0.4) is 0 Å². The van der Waals surface area contributed by atoms with Crippen LogP contribution in [0.1, 0.15) is 36.2 Å². The molecule has 6 heteroatoms. The SMILES string of the molecule is NC(=O)C1C2CCCCC2CN1C(=O)c1cc2cccc(Cl)c2[nH]1. The Labute approximate surface area is 145 Å². The second-order valence-electron chi connectivity index (χ2n) is 6.90. The number of fused-ring (bicyclic) bond motifs is 2. The first-order valence-electron chi connectivity index (χ1n) is 8.44. The maximum absolute atomic E-state index is 13.0. The van der Waals surface area contributed by atoms with Gasteiger partial charge in [0.15, 0.2) is 0 Å². The van der Waals surface area contributed by atoms with Gasteiger partial charge in [-0.05, 0) is 36.8 Å². The summed E-state index contributed by atoms with van der Waals surface area (Å²) < 4.78 is 0. The summed E-state index contributed by atoms with van der Waals surface area (Å²) in [5, 5.41) is 1.46. The quantitative estimate of drug-likeness (QED) is 0.877. The largest absolute Gasteiger partial charge is 0.368 e. The predicted molar refractivity (Wildman–Crippen MR) is 92.8 cm³/mol. The lowest BCUT2D eigenvalue weighted by atomic mass is 9.78. The third-order valence-corrected chi connectivity index (χ3v) is 5.84. The monoisotopic (exact) mass is 345 g/mol. The number of hydrogen-bond donors (Lipinski definition) is 2. The summed E-state index contributed by atoms with van der Waals surface area (Å²) in [5.74, 6) is 0.0219. The number of halogens is 1. The maximum Gasteiger partial charge on any atom is 0.271 e. The van der Waals surface area contributed by atoms with Crippen LogP contribution in [0, 0.1) is 11.8 Å². The van der Waals surface area contributed by atoms with Crippen LogP contribution in [-0.4, -0.2) is 34.3 Å². The van der Waals surface area contributed by atoms with Crippen molar-refractivity contribution < 1.29 is 9.59 Å². The fourth-order valence-corrected chi connectivity index (χ4v) is 4.67. The number of likely N-dealkylation sites (tertiary alicyclic amines) is 1. The van der Waals surface area contributed by atoms with Gasteiger partial charge in [0.25, 0.3) is 5.91 Å². The molecule has 2 aliphatic rings. The number of nitrogens with zero attached hydrogens (tertiary/aromatic N) is 1. The van der Waals surface area contributed by atoms with Gasteiger partial charge in [0.05, 0.1) is 10.5 Å². The van der Waals surface area contributed by atoms with Gasteiger partial charge in [-0.3, -0.25) is 9.59 Å². The fraction of sp³-hybridized carbons (Fsp3) is 0.444. The minimum Gasteiger partial charge on any atom is -0.368 e. The zero-order valence-electron chi connectivity index (χ0n) is 13.3. The molecule has 2 fully saturated rings. The molecule has 1 aromatic carbocycles. The van der Waals surface area contributed by atoms with E-state index < -0.39 is 11.9 Å². The van der Waals surface area contributed by atoms with Gasteiger partial charge in [0, 0.05) is 11.9 Å². The Hall–Kier alpha value is -2.01. The van der Waals surface area contributed by atoms with Gasteiger partial charge in [-0.1, -0.05) is 36.6 Å². The predicted octanol–water partition coefficient (Wildman–Crippen LogP) is 2.94. The standard InChI is InChI=1S/C18H20ClN3O2/c19-13-7-3-5-10-8-14(21-15(10)13)18(24)22-9-11-4-1-2-6-12(11)16(22)17(20)23/h3,5,7-8,11-12,16,21H,1-2,4,6,9H2,(H2,20,23). The number of H-pyrrole nitrogens is 1. The van der Waals surface area contributed by atoms with E-state index in [1.807, 2.05) is 12.1 Å². The molecule has 1 aromatic heterocycles. The molecule has 3 atom stereocenters. The first kappa shape index (κ1) is 15.5. The third-order valence-electron chi connectivity index (χ3n) is 5.53. The summed E-state index contributed by atoms with van der Waals surface area (Å²) in [6, 6.07) is 6.84. The molecule has 2 heterocycles. The number of primary amides is 1. The highest BCUT2D eigenvalue weighted by Gasteiger charge is 2.47. The molecule has 0 spiro atoms. The van der Waals surface area contributed by atoms with Crippen molar-refractivity contribution in [1.82, 2.24) is 9.88 Å². The number of amides is 2. The van der Waals surface area contributed by atoms with Crippen LogP contribution >= 0.6 is 11.6 Å². The van der Waals surface area contributed by atoms with Crippen molar-refractivity contribution in [1.29, 1.82) is 0 Å². The molecule has 0 radical (unpaired) electrons. The number of nitrogens with two attached hydrogens (primary N) is 1. The molecule has 4 rings (SSSR count). The lowest BCUT2D eigenvalue weighted by Crippen LogP contribution is -2.46. The zero-order valence-corrected chi connectivity index (χ0v) is 14.1. The highest BCUT2D eigenvalue weighted by Crippen LogP contribution is 2.41. The van der Waals surface area contributed by atoms with E-state index in [4.69, 9.17) is 17.3 Å². The minimum absolute atomic E-state index is 0.166. The molecule has 1 aliphatic carbocycles. The number of carbonyl (C=O) groups is 2. The average Bonchev–Trinajstić information content (AvgIpc) is 3.16. The van der Waals surface area contributed by atoms with Crippen LogP contribution in [0.25, 0.3) is 10.9 Å². The number of carbonyl (C=O) groups excluding carboxylic acids is 2. The van der Waals surface area contributed by atoms with Gasteiger partial charge in [0.2, 0.25) is 5.91 Å². The first-order chi connectivity index (χ1) is 11.6. The molecule has 1 saturated carbocycles. The molecule has 3 unspecified atom stereocenters.